The Labute approximate surface area is 231 Å². The second-order valence-corrected chi connectivity index (χ2v) is 12.1. The van der Waals surface area contributed by atoms with Crippen LogP contribution in [0.4, 0.5) is 17.6 Å². The smallest absolute Gasteiger partial charge is 0.480 e. The van der Waals surface area contributed by atoms with Crippen LogP contribution in [0.15, 0.2) is 46.2 Å². The zero-order valence-corrected chi connectivity index (χ0v) is 22.7. The summed E-state index contributed by atoms with van der Waals surface area (Å²) in [7, 11) is -2.70. The average molecular weight is 600 g/mol. The number of aromatic nitrogens is 3. The molecule has 0 spiro atoms. The number of thiol groups is 1. The van der Waals surface area contributed by atoms with Gasteiger partial charge in [0.15, 0.2) is 5.76 Å². The van der Waals surface area contributed by atoms with Gasteiger partial charge in [-0.2, -0.15) is 13.2 Å². The van der Waals surface area contributed by atoms with Crippen LogP contribution in [0.5, 0.6) is 5.88 Å². The van der Waals surface area contributed by atoms with Gasteiger partial charge in [-0.05, 0) is 38.0 Å². The van der Waals surface area contributed by atoms with E-state index in [4.69, 9.17) is 15.0 Å². The lowest BCUT2D eigenvalue weighted by atomic mass is 9.92. The molecule has 0 saturated carbocycles. The SMILES string of the molecule is COc1cnc(-c2cc(-c3ccc(F)c([C@]4(C)C[SH]5(=O)N(OC(=O)C(F)(F)F)CCCCN5C(N)=N4)c3)on2)cn1. The molecule has 1 atom stereocenters. The molecule has 2 aliphatic rings. The average Bonchev–Trinajstić information content (AvgIpc) is 3.35. The molecule has 2 aromatic heterocycles. The number of guanidine groups is 1. The lowest BCUT2D eigenvalue weighted by Crippen LogP contribution is -2.62. The highest BCUT2D eigenvalue weighted by molar-refractivity contribution is 7.99. The summed E-state index contributed by atoms with van der Waals surface area (Å²) in [6.45, 7) is 1.31. The van der Waals surface area contributed by atoms with E-state index in [2.05, 4.69) is 25.0 Å². The van der Waals surface area contributed by atoms with Crippen molar-refractivity contribution in [3.63, 3.8) is 0 Å². The zero-order valence-electron chi connectivity index (χ0n) is 21.8. The third-order valence-corrected chi connectivity index (χ3v) is 9.86. The van der Waals surface area contributed by atoms with E-state index in [0.29, 0.717) is 33.7 Å². The van der Waals surface area contributed by atoms with Gasteiger partial charge in [0.05, 0.1) is 25.3 Å². The number of carbonyl (C=O) groups excluding carboxylic acids is 1. The Balaban J connectivity index is 1.51. The van der Waals surface area contributed by atoms with Gasteiger partial charge >= 0.3 is 12.1 Å². The molecule has 17 heteroatoms. The van der Waals surface area contributed by atoms with E-state index in [1.807, 2.05) is 0 Å². The number of hydrogen-bond donors (Lipinski definition) is 2. The number of ether oxygens (including phenoxy) is 1. The van der Waals surface area contributed by atoms with E-state index >= 15 is 4.39 Å². The number of hydroxylamine groups is 1. The minimum absolute atomic E-state index is 0.0543. The first kappa shape index (κ1) is 28.4. The topological polar surface area (TPSA) is 149 Å². The number of aliphatic imine (C=N–C) groups is 1. The van der Waals surface area contributed by atoms with Crippen LogP contribution in [0.2, 0.25) is 0 Å². The Morgan fingerprint density at radius 1 is 1.15 bits per heavy atom. The Morgan fingerprint density at radius 3 is 2.59 bits per heavy atom. The summed E-state index contributed by atoms with van der Waals surface area (Å²) in [4.78, 5) is 29.0. The van der Waals surface area contributed by atoms with Crippen LogP contribution < -0.4 is 10.5 Å². The lowest BCUT2D eigenvalue weighted by molar-refractivity contribution is -0.222. The fraction of sp³-hybridized carbons (Fsp3) is 0.375. The van der Waals surface area contributed by atoms with Crippen LogP contribution in [0, 0.1) is 5.82 Å². The van der Waals surface area contributed by atoms with Gasteiger partial charge in [-0.15, -0.1) is 0 Å². The second kappa shape index (κ2) is 10.4. The van der Waals surface area contributed by atoms with Gasteiger partial charge in [0.2, 0.25) is 11.8 Å². The van der Waals surface area contributed by atoms with Crippen LogP contribution >= 0.6 is 0 Å². The van der Waals surface area contributed by atoms with Crippen molar-refractivity contribution in [2.24, 2.45) is 10.7 Å². The molecular formula is C24H25F4N7O5S. The number of halogens is 4. The molecule has 0 bridgehead atoms. The molecule has 12 nitrogen and oxygen atoms in total. The number of benzene rings is 1. The molecule has 220 valence electrons. The maximum Gasteiger partial charge on any atom is 0.492 e. The number of nitrogens with two attached hydrogens (primary N) is 1. The number of alkyl halides is 3. The van der Waals surface area contributed by atoms with Crippen molar-refractivity contribution in [3.05, 3.63) is 48.0 Å². The van der Waals surface area contributed by atoms with E-state index in [-0.39, 0.29) is 36.8 Å². The fourth-order valence-corrected chi connectivity index (χ4v) is 7.79. The standard InChI is InChI=1S/C24H25F4N7O5S/c1-23(13-41(37)34(22(29)32-23)7-3-4-8-35(41)40-21(36)24(26,27)28)15-9-14(5-6-16(15)25)19-10-17(33-39-19)18-11-31-20(38-2)12-30-18/h5-6,9-12,41H,3-4,7-8,13H2,1-2H3,(H2,29,32)/t23-/m0/s1. The van der Waals surface area contributed by atoms with Gasteiger partial charge in [-0.1, -0.05) is 9.63 Å². The number of nitrogens with zero attached hydrogens (tertiary/aromatic N) is 6. The Kier molecular flexibility index (Phi) is 7.19. The maximum absolute atomic E-state index is 15.3. The summed E-state index contributed by atoms with van der Waals surface area (Å²) in [5.74, 6) is -3.48. The van der Waals surface area contributed by atoms with E-state index in [1.54, 1.807) is 6.07 Å². The predicted molar refractivity (Wildman–Crippen MR) is 138 cm³/mol. The van der Waals surface area contributed by atoms with Gasteiger partial charge in [0.25, 0.3) is 0 Å². The summed E-state index contributed by atoms with van der Waals surface area (Å²) >= 11 is 0. The summed E-state index contributed by atoms with van der Waals surface area (Å²) in [6, 6.07) is 5.54. The third-order valence-electron chi connectivity index (χ3n) is 6.70. The molecule has 41 heavy (non-hydrogen) atoms. The van der Waals surface area contributed by atoms with Crippen LogP contribution in [0.3, 0.4) is 0 Å². The monoisotopic (exact) mass is 599 g/mol. The van der Waals surface area contributed by atoms with Crippen molar-refractivity contribution in [2.75, 3.05) is 26.0 Å². The molecular weight excluding hydrogens is 574 g/mol. The predicted octanol–water partition coefficient (Wildman–Crippen LogP) is 2.75. The van der Waals surface area contributed by atoms with Gasteiger partial charge in [0, 0.05) is 40.6 Å². The minimum atomic E-state index is -5.32. The van der Waals surface area contributed by atoms with Crippen molar-refractivity contribution in [1.29, 1.82) is 0 Å². The maximum atomic E-state index is 15.3. The molecule has 1 aromatic carbocycles. The summed E-state index contributed by atoms with van der Waals surface area (Å²) in [5.41, 5.74) is 5.60. The fourth-order valence-electron chi connectivity index (χ4n) is 4.71. The third kappa shape index (κ3) is 5.33. The van der Waals surface area contributed by atoms with E-state index in [9.17, 15) is 22.2 Å². The molecule has 0 aliphatic carbocycles. The van der Waals surface area contributed by atoms with Crippen molar-refractivity contribution in [3.8, 4) is 28.6 Å². The Bertz CT molecular complexity index is 1550. The molecule has 5 rings (SSSR count). The molecule has 1 saturated heterocycles. The van der Waals surface area contributed by atoms with Crippen LogP contribution in [0.25, 0.3) is 22.7 Å². The molecule has 3 aromatic rings. The summed E-state index contributed by atoms with van der Waals surface area (Å²) in [6.07, 6.45) is -1.81. The first-order valence-corrected chi connectivity index (χ1v) is 14.1. The van der Waals surface area contributed by atoms with Crippen molar-refractivity contribution < 1.29 is 40.7 Å². The minimum Gasteiger partial charge on any atom is -0.480 e. The van der Waals surface area contributed by atoms with Crippen LogP contribution in [-0.4, -0.2) is 72.2 Å². The number of methoxy groups -OCH3 is 1. The number of carbonyl (C=O) groups is 1. The van der Waals surface area contributed by atoms with Crippen molar-refractivity contribution >= 4 is 22.2 Å². The first-order valence-electron chi connectivity index (χ1n) is 12.3. The van der Waals surface area contributed by atoms with Gasteiger partial charge < -0.3 is 19.8 Å². The molecule has 0 amide bonds. The highest BCUT2D eigenvalue weighted by atomic mass is 32.3. The number of rotatable bonds is 5. The molecule has 0 radical (unpaired) electrons. The number of hydrogen-bond acceptors (Lipinski definition) is 10. The van der Waals surface area contributed by atoms with Gasteiger partial charge in [-0.3, -0.25) is 4.31 Å². The highest BCUT2D eigenvalue weighted by Crippen LogP contribution is 2.41. The van der Waals surface area contributed by atoms with Crippen LogP contribution in [-0.2, 0) is 25.5 Å². The van der Waals surface area contributed by atoms with Crippen LogP contribution in [0.1, 0.15) is 25.3 Å². The van der Waals surface area contributed by atoms with Crippen molar-refractivity contribution in [1.82, 2.24) is 23.9 Å². The summed E-state index contributed by atoms with van der Waals surface area (Å²) in [5, 5.41) is 3.99. The first-order chi connectivity index (χ1) is 19.3. The van der Waals surface area contributed by atoms with Gasteiger partial charge in [0.1, 0.15) is 22.7 Å². The quantitative estimate of drug-likeness (QED) is 0.334. The highest BCUT2D eigenvalue weighted by Gasteiger charge is 2.50. The zero-order chi connectivity index (χ0) is 29.6. The normalized spacial score (nSPS) is 21.8. The Hall–Kier alpha value is -4.12. The van der Waals surface area contributed by atoms with E-state index in [0.717, 1.165) is 10.4 Å². The van der Waals surface area contributed by atoms with Gasteiger partial charge in [-0.25, -0.2) is 28.4 Å². The van der Waals surface area contributed by atoms with E-state index in [1.165, 1.54) is 38.6 Å². The molecule has 0 unspecified atom stereocenters. The molecule has 4 heterocycles. The summed E-state index contributed by atoms with van der Waals surface area (Å²) < 4.78 is 80.9. The Morgan fingerprint density at radius 2 is 1.90 bits per heavy atom. The molecule has 2 N–H and O–H groups in total. The van der Waals surface area contributed by atoms with E-state index < -0.39 is 39.6 Å². The second-order valence-electron chi connectivity index (χ2n) is 9.56. The van der Waals surface area contributed by atoms with Crippen molar-refractivity contribution in [2.45, 2.75) is 31.5 Å². The largest absolute Gasteiger partial charge is 0.492 e. The molecule has 2 aliphatic heterocycles. The molecule has 1 fully saturated rings. The lowest BCUT2D eigenvalue weighted by Gasteiger charge is -2.48. The number of fused-ring (bicyclic) bond motifs is 1.